The molecule has 0 spiro atoms. The number of ether oxygens (including phenoxy) is 2. The smallest absolute Gasteiger partial charge is 0.251 e. The third-order valence-electron chi connectivity index (χ3n) is 4.12. The Balaban J connectivity index is 1.70. The highest BCUT2D eigenvalue weighted by Crippen LogP contribution is 2.27. The minimum absolute atomic E-state index is 0.164. The molecule has 0 unspecified atom stereocenters. The summed E-state index contributed by atoms with van der Waals surface area (Å²) in [6.07, 6.45) is 5.44. The van der Waals surface area contributed by atoms with Crippen molar-refractivity contribution in [2.24, 2.45) is 0 Å². The van der Waals surface area contributed by atoms with Crippen LogP contribution in [-0.4, -0.2) is 29.7 Å². The molecule has 1 aromatic heterocycles. The second-order valence-electron chi connectivity index (χ2n) is 5.76. The maximum atomic E-state index is 12.5. The van der Waals surface area contributed by atoms with E-state index in [9.17, 15) is 4.79 Å². The second-order valence-corrected chi connectivity index (χ2v) is 5.76. The van der Waals surface area contributed by atoms with E-state index in [1.807, 2.05) is 29.0 Å². The van der Waals surface area contributed by atoms with Crippen molar-refractivity contribution in [1.29, 1.82) is 0 Å². The normalized spacial score (nSPS) is 10.4. The molecule has 134 valence electrons. The van der Waals surface area contributed by atoms with E-state index in [1.54, 1.807) is 44.9 Å². The van der Waals surface area contributed by atoms with E-state index in [2.05, 4.69) is 16.4 Å². The van der Waals surface area contributed by atoms with Gasteiger partial charge in [0.25, 0.3) is 5.91 Å². The molecule has 0 aliphatic rings. The number of hydrogen-bond donors (Lipinski definition) is 1. The molecular weight excluding hydrogens is 330 g/mol. The summed E-state index contributed by atoms with van der Waals surface area (Å²) in [6.45, 7) is 1.15. The number of carbonyl (C=O) groups excluding carboxylic acids is 1. The Morgan fingerprint density at radius 2 is 1.85 bits per heavy atom. The Morgan fingerprint density at radius 3 is 2.54 bits per heavy atom. The van der Waals surface area contributed by atoms with E-state index in [0.717, 1.165) is 11.1 Å². The molecule has 0 bridgehead atoms. The molecule has 26 heavy (non-hydrogen) atoms. The fourth-order valence-corrected chi connectivity index (χ4v) is 2.72. The summed E-state index contributed by atoms with van der Waals surface area (Å²) in [7, 11) is 3.11. The molecule has 0 aliphatic carbocycles. The van der Waals surface area contributed by atoms with Crippen LogP contribution in [0.4, 0.5) is 0 Å². The van der Waals surface area contributed by atoms with Crippen LogP contribution in [-0.2, 0) is 13.1 Å². The van der Waals surface area contributed by atoms with Crippen LogP contribution in [0, 0.1) is 0 Å². The monoisotopic (exact) mass is 351 g/mol. The number of nitrogens with one attached hydrogen (secondary N) is 1. The summed E-state index contributed by atoms with van der Waals surface area (Å²) >= 11 is 0. The number of aromatic nitrogens is 2. The average Bonchev–Trinajstić information content (AvgIpc) is 3.19. The summed E-state index contributed by atoms with van der Waals surface area (Å²) in [5, 5.41) is 2.96. The van der Waals surface area contributed by atoms with Crippen molar-refractivity contribution in [3.63, 3.8) is 0 Å². The first-order valence-electron chi connectivity index (χ1n) is 8.24. The summed E-state index contributed by atoms with van der Waals surface area (Å²) in [6, 6.07) is 13.1. The standard InChI is InChI=1S/C20H21N3O3/c1-25-18-8-7-15(11-19(18)26-2)20(24)22-12-16-5-3-4-6-17(16)13-23-10-9-21-14-23/h3-11,14H,12-13H2,1-2H3,(H,22,24). The Labute approximate surface area is 152 Å². The molecule has 3 aromatic rings. The van der Waals surface area contributed by atoms with Gasteiger partial charge in [-0.15, -0.1) is 0 Å². The number of nitrogens with zero attached hydrogens (tertiary/aromatic N) is 2. The highest BCUT2D eigenvalue weighted by Gasteiger charge is 2.11. The van der Waals surface area contributed by atoms with E-state index < -0.39 is 0 Å². The van der Waals surface area contributed by atoms with Crippen LogP contribution >= 0.6 is 0 Å². The van der Waals surface area contributed by atoms with E-state index in [1.165, 1.54) is 0 Å². The van der Waals surface area contributed by atoms with Gasteiger partial charge in [-0.05, 0) is 29.3 Å². The van der Waals surface area contributed by atoms with Gasteiger partial charge in [0.2, 0.25) is 0 Å². The quantitative estimate of drug-likeness (QED) is 0.711. The zero-order chi connectivity index (χ0) is 18.4. The van der Waals surface area contributed by atoms with Crippen LogP contribution in [0.15, 0.2) is 61.2 Å². The van der Waals surface area contributed by atoms with Crippen LogP contribution in [0.25, 0.3) is 0 Å². The molecule has 0 fully saturated rings. The fraction of sp³-hybridized carbons (Fsp3) is 0.200. The predicted octanol–water partition coefficient (Wildman–Crippen LogP) is 2.88. The SMILES string of the molecule is COc1ccc(C(=O)NCc2ccccc2Cn2ccnc2)cc1OC. The summed E-state index contributed by atoms with van der Waals surface area (Å²) in [5.74, 6) is 0.957. The van der Waals surface area contributed by atoms with Crippen LogP contribution < -0.4 is 14.8 Å². The maximum absolute atomic E-state index is 12.5. The van der Waals surface area contributed by atoms with E-state index in [-0.39, 0.29) is 5.91 Å². The first-order chi connectivity index (χ1) is 12.7. The zero-order valence-corrected chi connectivity index (χ0v) is 14.8. The van der Waals surface area contributed by atoms with Gasteiger partial charge in [-0.1, -0.05) is 24.3 Å². The lowest BCUT2D eigenvalue weighted by Gasteiger charge is -2.12. The Morgan fingerprint density at radius 1 is 1.08 bits per heavy atom. The van der Waals surface area contributed by atoms with Crippen LogP contribution in [0.1, 0.15) is 21.5 Å². The molecule has 1 N–H and O–H groups in total. The van der Waals surface area contributed by atoms with Gasteiger partial charge in [0.1, 0.15) is 0 Å². The third-order valence-corrected chi connectivity index (χ3v) is 4.12. The summed E-state index contributed by atoms with van der Waals surface area (Å²) < 4.78 is 12.5. The lowest BCUT2D eigenvalue weighted by Crippen LogP contribution is -2.23. The van der Waals surface area contributed by atoms with Crippen molar-refractivity contribution in [3.8, 4) is 11.5 Å². The number of benzene rings is 2. The van der Waals surface area contributed by atoms with Crippen molar-refractivity contribution < 1.29 is 14.3 Å². The molecule has 2 aromatic carbocycles. The summed E-state index contributed by atoms with van der Waals surface area (Å²) in [5.41, 5.74) is 2.72. The van der Waals surface area contributed by atoms with Gasteiger partial charge in [0.15, 0.2) is 11.5 Å². The average molecular weight is 351 g/mol. The van der Waals surface area contributed by atoms with Gasteiger partial charge in [0, 0.05) is 31.0 Å². The van der Waals surface area contributed by atoms with Gasteiger partial charge < -0.3 is 19.4 Å². The maximum Gasteiger partial charge on any atom is 0.251 e. The third kappa shape index (κ3) is 4.03. The number of methoxy groups -OCH3 is 2. The Kier molecular flexibility index (Phi) is 5.53. The molecule has 0 saturated heterocycles. The zero-order valence-electron chi connectivity index (χ0n) is 14.8. The van der Waals surface area contributed by atoms with Crippen molar-refractivity contribution in [1.82, 2.24) is 14.9 Å². The minimum Gasteiger partial charge on any atom is -0.493 e. The van der Waals surface area contributed by atoms with Gasteiger partial charge in [-0.3, -0.25) is 4.79 Å². The number of carbonyl (C=O) groups is 1. The molecule has 3 rings (SSSR count). The molecule has 1 heterocycles. The molecule has 0 radical (unpaired) electrons. The topological polar surface area (TPSA) is 65.4 Å². The summed E-state index contributed by atoms with van der Waals surface area (Å²) in [4.78, 5) is 16.6. The van der Waals surface area contributed by atoms with E-state index in [0.29, 0.717) is 30.2 Å². The highest BCUT2D eigenvalue weighted by atomic mass is 16.5. The molecule has 0 atom stereocenters. The number of amides is 1. The van der Waals surface area contributed by atoms with Crippen LogP contribution in [0.3, 0.4) is 0 Å². The lowest BCUT2D eigenvalue weighted by molar-refractivity contribution is 0.0950. The molecule has 6 nitrogen and oxygen atoms in total. The van der Waals surface area contributed by atoms with E-state index in [4.69, 9.17) is 9.47 Å². The second kappa shape index (κ2) is 8.20. The van der Waals surface area contributed by atoms with Crippen LogP contribution in [0.2, 0.25) is 0 Å². The lowest BCUT2D eigenvalue weighted by atomic mass is 10.1. The van der Waals surface area contributed by atoms with Gasteiger partial charge >= 0.3 is 0 Å². The van der Waals surface area contributed by atoms with Crippen LogP contribution in [0.5, 0.6) is 11.5 Å². The van der Waals surface area contributed by atoms with Gasteiger partial charge in [-0.25, -0.2) is 4.98 Å². The Bertz CT molecular complexity index is 876. The largest absolute Gasteiger partial charge is 0.493 e. The first kappa shape index (κ1) is 17.5. The molecule has 0 saturated carbocycles. The highest BCUT2D eigenvalue weighted by molar-refractivity contribution is 5.94. The van der Waals surface area contributed by atoms with Gasteiger partial charge in [-0.2, -0.15) is 0 Å². The fourth-order valence-electron chi connectivity index (χ4n) is 2.72. The molecule has 0 aliphatic heterocycles. The van der Waals surface area contributed by atoms with Crippen molar-refractivity contribution in [2.75, 3.05) is 14.2 Å². The van der Waals surface area contributed by atoms with Crippen molar-refractivity contribution in [3.05, 3.63) is 77.9 Å². The van der Waals surface area contributed by atoms with E-state index >= 15 is 0 Å². The number of imidazole rings is 1. The molecule has 6 heteroatoms. The minimum atomic E-state index is -0.164. The number of rotatable bonds is 7. The van der Waals surface area contributed by atoms with Crippen molar-refractivity contribution in [2.45, 2.75) is 13.1 Å². The van der Waals surface area contributed by atoms with Gasteiger partial charge in [0.05, 0.1) is 20.5 Å². The number of hydrogen-bond acceptors (Lipinski definition) is 4. The predicted molar refractivity (Wildman–Crippen MR) is 98.5 cm³/mol. The van der Waals surface area contributed by atoms with Crippen molar-refractivity contribution >= 4 is 5.91 Å². The molecule has 1 amide bonds. The molecular formula is C20H21N3O3. The first-order valence-corrected chi connectivity index (χ1v) is 8.24. The Hall–Kier alpha value is -3.28.